The second kappa shape index (κ2) is 15.2. The van der Waals surface area contributed by atoms with Crippen molar-refractivity contribution in [3.63, 3.8) is 0 Å². The molecule has 0 bridgehead atoms. The Bertz CT molecular complexity index is 1400. The van der Waals surface area contributed by atoms with Gasteiger partial charge in [-0.2, -0.15) is 0 Å². The Morgan fingerprint density at radius 3 is 2.33 bits per heavy atom. The number of rotatable bonds is 16. The van der Waals surface area contributed by atoms with Crippen LogP contribution in [0.1, 0.15) is 91.9 Å². The maximum atomic E-state index is 12.2. The Labute approximate surface area is 238 Å². The van der Waals surface area contributed by atoms with Gasteiger partial charge in [-0.05, 0) is 103 Å². The summed E-state index contributed by atoms with van der Waals surface area (Å²) >= 11 is 0. The third-order valence-corrected chi connectivity index (χ3v) is 7.14. The number of fused-ring (bicyclic) bond motifs is 1. The van der Waals surface area contributed by atoms with Crippen LogP contribution >= 0.6 is 0 Å². The highest BCUT2D eigenvalue weighted by atomic mass is 16.2. The minimum Gasteiger partial charge on any atom is -0.313 e. The van der Waals surface area contributed by atoms with Crippen LogP contribution in [-0.4, -0.2) is 29.7 Å². The van der Waals surface area contributed by atoms with Crippen LogP contribution in [0, 0.1) is 0 Å². The number of hydrogen-bond donors (Lipinski definition) is 1. The van der Waals surface area contributed by atoms with Crippen molar-refractivity contribution in [1.82, 2.24) is 5.32 Å². The van der Waals surface area contributed by atoms with Crippen LogP contribution in [-0.2, 0) is 33.8 Å². The van der Waals surface area contributed by atoms with E-state index in [-0.39, 0.29) is 18.0 Å². The molecule has 0 aliphatic rings. The second-order valence-electron chi connectivity index (χ2n) is 10.8. The van der Waals surface area contributed by atoms with Crippen molar-refractivity contribution in [3.05, 3.63) is 94.6 Å². The molecule has 0 aliphatic carbocycles. The molecule has 0 saturated carbocycles. The Kier molecular flexibility index (Phi) is 11.7. The zero-order valence-corrected chi connectivity index (χ0v) is 24.2. The van der Waals surface area contributed by atoms with E-state index in [1.165, 1.54) is 35.7 Å². The zero-order valence-electron chi connectivity index (χ0n) is 24.2. The van der Waals surface area contributed by atoms with Crippen molar-refractivity contribution in [2.24, 2.45) is 0 Å². The number of hydrogen-bond acceptors (Lipinski definition) is 5. The van der Waals surface area contributed by atoms with Crippen molar-refractivity contribution in [1.29, 1.82) is 0 Å². The van der Waals surface area contributed by atoms with Gasteiger partial charge in [0.05, 0.1) is 0 Å². The van der Waals surface area contributed by atoms with Crippen molar-refractivity contribution in [3.8, 4) is 0 Å². The highest BCUT2D eigenvalue weighted by Gasteiger charge is 2.14. The van der Waals surface area contributed by atoms with E-state index in [1.54, 1.807) is 0 Å². The predicted octanol–water partition coefficient (Wildman–Crippen LogP) is 6.88. The molecule has 0 unspecified atom stereocenters. The van der Waals surface area contributed by atoms with Crippen LogP contribution in [0.5, 0.6) is 0 Å². The molecule has 0 heterocycles. The zero-order chi connectivity index (χ0) is 29.1. The molecule has 0 fully saturated rings. The van der Waals surface area contributed by atoms with E-state index in [4.69, 9.17) is 0 Å². The van der Waals surface area contributed by atoms with E-state index < -0.39 is 11.6 Å². The predicted molar refractivity (Wildman–Crippen MR) is 162 cm³/mol. The topological polar surface area (TPSA) is 80.3 Å². The van der Waals surface area contributed by atoms with E-state index in [9.17, 15) is 19.2 Å². The van der Waals surface area contributed by atoms with Gasteiger partial charge in [-0.1, -0.05) is 68.8 Å². The molecule has 0 saturated heterocycles. The molecule has 3 aromatic carbocycles. The summed E-state index contributed by atoms with van der Waals surface area (Å²) in [5, 5.41) is 6.15. The molecule has 3 aromatic rings. The van der Waals surface area contributed by atoms with Gasteiger partial charge in [-0.15, -0.1) is 0 Å². The van der Waals surface area contributed by atoms with Gasteiger partial charge in [0.2, 0.25) is 11.6 Å². The van der Waals surface area contributed by atoms with Gasteiger partial charge in [-0.3, -0.25) is 19.2 Å². The molecule has 0 amide bonds. The lowest BCUT2D eigenvalue weighted by molar-refractivity contribution is -0.133. The summed E-state index contributed by atoms with van der Waals surface area (Å²) in [6, 6.07) is 19.0. The van der Waals surface area contributed by atoms with Gasteiger partial charge >= 0.3 is 0 Å². The van der Waals surface area contributed by atoms with Gasteiger partial charge in [0, 0.05) is 18.5 Å². The van der Waals surface area contributed by atoms with Gasteiger partial charge in [0.25, 0.3) is 0 Å². The van der Waals surface area contributed by atoms with Crippen LogP contribution in [0.4, 0.5) is 0 Å². The Balaban J connectivity index is 1.44. The number of unbranched alkanes of at least 4 members (excludes halogenated alkanes) is 2. The van der Waals surface area contributed by atoms with E-state index in [1.807, 2.05) is 18.2 Å². The lowest BCUT2D eigenvalue weighted by Gasteiger charge is -2.13. The fourth-order valence-corrected chi connectivity index (χ4v) is 4.95. The van der Waals surface area contributed by atoms with Gasteiger partial charge in [0.1, 0.15) is 0 Å². The lowest BCUT2D eigenvalue weighted by Crippen LogP contribution is -2.16. The van der Waals surface area contributed by atoms with Gasteiger partial charge in [0.15, 0.2) is 11.6 Å². The quantitative estimate of drug-likeness (QED) is 0.0928. The lowest BCUT2D eigenvalue weighted by atomic mass is 9.92. The SMILES string of the molecule is CC(=O)/C=C/C(=O)C(=O)CCc1ccc(CNCCCCCc2cc(C(C)C)c3ccccc3c2)cc1C(C)=O. The average molecular weight is 540 g/mol. The molecule has 0 aromatic heterocycles. The molecule has 5 nitrogen and oxygen atoms in total. The molecule has 3 rings (SSSR count). The first-order valence-corrected chi connectivity index (χ1v) is 14.3. The summed E-state index contributed by atoms with van der Waals surface area (Å²) in [6.07, 6.45) is 6.85. The van der Waals surface area contributed by atoms with Gasteiger partial charge < -0.3 is 5.32 Å². The average Bonchev–Trinajstić information content (AvgIpc) is 2.93. The first-order chi connectivity index (χ1) is 19.2. The molecule has 0 radical (unpaired) electrons. The van der Waals surface area contributed by atoms with Crippen molar-refractivity contribution < 1.29 is 19.2 Å². The number of nitrogens with one attached hydrogen (secondary N) is 1. The normalized spacial score (nSPS) is 11.4. The molecule has 1 N–H and O–H groups in total. The summed E-state index contributed by atoms with van der Waals surface area (Å²) in [4.78, 5) is 47.2. The Morgan fingerprint density at radius 1 is 0.825 bits per heavy atom. The summed E-state index contributed by atoms with van der Waals surface area (Å²) in [6.45, 7) is 8.90. The fraction of sp³-hybridized carbons (Fsp3) is 0.371. The maximum absolute atomic E-state index is 12.2. The first kappa shape index (κ1) is 30.8. The highest BCUT2D eigenvalue weighted by molar-refractivity contribution is 6.42. The molecular weight excluding hydrogens is 498 g/mol. The minimum atomic E-state index is -0.696. The molecule has 0 spiro atoms. The largest absolute Gasteiger partial charge is 0.313 e. The molecule has 0 atom stereocenters. The van der Waals surface area contributed by atoms with Crippen LogP contribution in [0.15, 0.2) is 66.7 Å². The summed E-state index contributed by atoms with van der Waals surface area (Å²) in [5.74, 6) is -1.12. The number of carbonyl (C=O) groups is 4. The molecule has 40 heavy (non-hydrogen) atoms. The van der Waals surface area contributed by atoms with Crippen LogP contribution in [0.25, 0.3) is 10.8 Å². The number of allylic oxidation sites excluding steroid dienone is 2. The maximum Gasteiger partial charge on any atom is 0.221 e. The van der Waals surface area contributed by atoms with Crippen molar-refractivity contribution >= 4 is 33.9 Å². The smallest absolute Gasteiger partial charge is 0.221 e. The third-order valence-electron chi connectivity index (χ3n) is 7.14. The Hall–Kier alpha value is -3.70. The number of ketones is 4. The highest BCUT2D eigenvalue weighted by Crippen LogP contribution is 2.28. The fourth-order valence-electron chi connectivity index (χ4n) is 4.95. The number of carbonyl (C=O) groups excluding carboxylic acids is 4. The van der Waals surface area contributed by atoms with Crippen LogP contribution in [0.3, 0.4) is 0 Å². The second-order valence-corrected chi connectivity index (χ2v) is 10.8. The third kappa shape index (κ3) is 9.20. The molecule has 5 heteroatoms. The van der Waals surface area contributed by atoms with Crippen molar-refractivity contribution in [2.45, 2.75) is 78.7 Å². The minimum absolute atomic E-state index is 0.00303. The van der Waals surface area contributed by atoms with Gasteiger partial charge in [-0.25, -0.2) is 0 Å². The van der Waals surface area contributed by atoms with E-state index in [0.29, 0.717) is 24.4 Å². The summed E-state index contributed by atoms with van der Waals surface area (Å²) in [5.41, 5.74) is 5.17. The molecule has 0 aliphatic heterocycles. The molecular formula is C35H41NO4. The van der Waals surface area contributed by atoms with E-state index in [2.05, 4.69) is 55.6 Å². The summed E-state index contributed by atoms with van der Waals surface area (Å²) in [7, 11) is 0. The number of aryl methyl sites for hydroxylation is 2. The standard InChI is InChI=1S/C35H41NO4/c1-24(2)32-21-27(20-30-11-7-8-12-31(30)32)10-6-5-9-19-36-23-28-14-15-29(33(22-28)26(4)38)16-18-35(40)34(39)17-13-25(3)37/h7-8,11-15,17,20-22,24,36H,5-6,9-10,16,18-19,23H2,1-4H3/b17-13+. The van der Waals surface area contributed by atoms with Crippen LogP contribution in [0.2, 0.25) is 0 Å². The first-order valence-electron chi connectivity index (χ1n) is 14.3. The van der Waals surface area contributed by atoms with Crippen LogP contribution < -0.4 is 5.32 Å². The number of Topliss-reactive ketones (excluding diaryl/α,β-unsaturated/α-hetero) is 2. The summed E-state index contributed by atoms with van der Waals surface area (Å²) < 4.78 is 0. The number of benzene rings is 3. The monoisotopic (exact) mass is 539 g/mol. The van der Waals surface area contributed by atoms with Crippen molar-refractivity contribution in [2.75, 3.05) is 6.54 Å². The molecule has 210 valence electrons. The Morgan fingerprint density at radius 2 is 1.60 bits per heavy atom. The van der Waals surface area contributed by atoms with E-state index >= 15 is 0 Å². The van der Waals surface area contributed by atoms with E-state index in [0.717, 1.165) is 55.5 Å².